The first-order valence-corrected chi connectivity index (χ1v) is 7.44. The standard InChI is InChI=1S/C15H18ClNOS/c1-10-4-5-11(13(16)6-10)7-14(17-2)15-8-12(18-3)9-19-15/h4-6,8-9,14,17H,7H2,1-3H3. The summed E-state index contributed by atoms with van der Waals surface area (Å²) in [6.07, 6.45) is 0.874. The molecular formula is C15H18ClNOS. The lowest BCUT2D eigenvalue weighted by molar-refractivity contribution is 0.416. The van der Waals surface area contributed by atoms with Crippen molar-refractivity contribution in [3.63, 3.8) is 0 Å². The molecule has 19 heavy (non-hydrogen) atoms. The van der Waals surface area contributed by atoms with Crippen LogP contribution in [-0.2, 0) is 6.42 Å². The number of nitrogens with one attached hydrogen (secondary N) is 1. The highest BCUT2D eigenvalue weighted by molar-refractivity contribution is 7.10. The zero-order chi connectivity index (χ0) is 13.8. The van der Waals surface area contributed by atoms with Crippen LogP contribution in [0.1, 0.15) is 22.0 Å². The van der Waals surface area contributed by atoms with Crippen LogP contribution in [0.25, 0.3) is 0 Å². The van der Waals surface area contributed by atoms with Gasteiger partial charge in [0.25, 0.3) is 0 Å². The van der Waals surface area contributed by atoms with Gasteiger partial charge in [0, 0.05) is 21.3 Å². The van der Waals surface area contributed by atoms with Crippen molar-refractivity contribution in [3.8, 4) is 5.75 Å². The van der Waals surface area contributed by atoms with Crippen molar-refractivity contribution in [3.05, 3.63) is 50.7 Å². The van der Waals surface area contributed by atoms with Crippen LogP contribution >= 0.6 is 22.9 Å². The first-order valence-electron chi connectivity index (χ1n) is 6.18. The van der Waals surface area contributed by atoms with E-state index >= 15 is 0 Å². The van der Waals surface area contributed by atoms with Gasteiger partial charge in [0.05, 0.1) is 7.11 Å². The average Bonchev–Trinajstić information content (AvgIpc) is 2.86. The number of aryl methyl sites for hydroxylation is 1. The zero-order valence-corrected chi connectivity index (χ0v) is 12.9. The molecule has 2 aromatic rings. The highest BCUT2D eigenvalue weighted by Gasteiger charge is 2.14. The summed E-state index contributed by atoms with van der Waals surface area (Å²) in [5.41, 5.74) is 2.35. The number of hydrogen-bond acceptors (Lipinski definition) is 3. The Morgan fingerprint density at radius 1 is 1.37 bits per heavy atom. The number of hydrogen-bond donors (Lipinski definition) is 1. The maximum absolute atomic E-state index is 6.30. The summed E-state index contributed by atoms with van der Waals surface area (Å²) >= 11 is 8.01. The van der Waals surface area contributed by atoms with Crippen molar-refractivity contribution in [2.24, 2.45) is 0 Å². The molecule has 1 unspecified atom stereocenters. The number of thiophene rings is 1. The Morgan fingerprint density at radius 3 is 2.74 bits per heavy atom. The van der Waals surface area contributed by atoms with E-state index in [1.807, 2.05) is 18.5 Å². The molecule has 2 nitrogen and oxygen atoms in total. The summed E-state index contributed by atoms with van der Waals surface area (Å²) in [4.78, 5) is 1.26. The van der Waals surface area contributed by atoms with Crippen molar-refractivity contribution in [1.82, 2.24) is 5.32 Å². The quantitative estimate of drug-likeness (QED) is 0.891. The highest BCUT2D eigenvalue weighted by Crippen LogP contribution is 2.30. The largest absolute Gasteiger partial charge is 0.496 e. The first-order chi connectivity index (χ1) is 9.13. The number of likely N-dealkylation sites (N-methyl/N-ethyl adjacent to an activating group) is 1. The van der Waals surface area contributed by atoms with Crippen LogP contribution in [0.2, 0.25) is 5.02 Å². The molecule has 102 valence electrons. The molecule has 4 heteroatoms. The third kappa shape index (κ3) is 3.50. The van der Waals surface area contributed by atoms with Gasteiger partial charge < -0.3 is 10.1 Å². The van der Waals surface area contributed by atoms with Gasteiger partial charge in [-0.05, 0) is 43.7 Å². The second-order valence-electron chi connectivity index (χ2n) is 4.53. The van der Waals surface area contributed by atoms with Crippen molar-refractivity contribution >= 4 is 22.9 Å². The number of benzene rings is 1. The zero-order valence-electron chi connectivity index (χ0n) is 11.4. The first kappa shape index (κ1) is 14.4. The van der Waals surface area contributed by atoms with Gasteiger partial charge in [-0.2, -0.15) is 0 Å². The van der Waals surface area contributed by atoms with Crippen LogP contribution in [0.15, 0.2) is 29.6 Å². The fourth-order valence-electron chi connectivity index (χ4n) is 2.01. The van der Waals surface area contributed by atoms with E-state index in [4.69, 9.17) is 16.3 Å². The summed E-state index contributed by atoms with van der Waals surface area (Å²) in [7, 11) is 3.66. The lowest BCUT2D eigenvalue weighted by Crippen LogP contribution is -2.17. The molecule has 0 spiro atoms. The van der Waals surface area contributed by atoms with Crippen molar-refractivity contribution < 1.29 is 4.74 Å². The summed E-state index contributed by atoms with van der Waals surface area (Å²) < 4.78 is 5.24. The molecule has 0 saturated heterocycles. The molecule has 1 N–H and O–H groups in total. The van der Waals surface area contributed by atoms with Crippen LogP contribution in [0, 0.1) is 6.92 Å². The van der Waals surface area contributed by atoms with E-state index in [9.17, 15) is 0 Å². The Kier molecular flexibility index (Phi) is 4.86. The van der Waals surface area contributed by atoms with Gasteiger partial charge in [-0.25, -0.2) is 0 Å². The SMILES string of the molecule is CNC(Cc1ccc(C)cc1Cl)c1cc(OC)cs1. The van der Waals surface area contributed by atoms with E-state index in [2.05, 4.69) is 30.4 Å². The van der Waals surface area contributed by atoms with Crippen LogP contribution in [0.5, 0.6) is 5.75 Å². The second kappa shape index (κ2) is 6.42. The predicted octanol–water partition coefficient (Wildman–Crippen LogP) is 4.22. The molecular weight excluding hydrogens is 278 g/mol. The van der Waals surface area contributed by atoms with Crippen molar-refractivity contribution in [2.75, 3.05) is 14.2 Å². The summed E-state index contributed by atoms with van der Waals surface area (Å²) in [6.45, 7) is 2.05. The van der Waals surface area contributed by atoms with Gasteiger partial charge in [-0.15, -0.1) is 11.3 Å². The molecule has 1 aromatic heterocycles. The van der Waals surface area contributed by atoms with E-state index in [0.29, 0.717) is 0 Å². The van der Waals surface area contributed by atoms with Gasteiger partial charge in [0.15, 0.2) is 0 Å². The molecule has 0 aliphatic rings. The summed E-state index contributed by atoms with van der Waals surface area (Å²) in [5.74, 6) is 0.912. The molecule has 0 amide bonds. The lowest BCUT2D eigenvalue weighted by Gasteiger charge is -2.15. The minimum absolute atomic E-state index is 0.258. The Labute approximate surface area is 123 Å². The van der Waals surface area contributed by atoms with Crippen LogP contribution in [0.3, 0.4) is 0 Å². The van der Waals surface area contributed by atoms with E-state index in [-0.39, 0.29) is 6.04 Å². The van der Waals surface area contributed by atoms with E-state index in [1.165, 1.54) is 16.0 Å². The minimum Gasteiger partial charge on any atom is -0.496 e. The molecule has 1 heterocycles. The highest BCUT2D eigenvalue weighted by atomic mass is 35.5. The van der Waals surface area contributed by atoms with Crippen molar-refractivity contribution in [2.45, 2.75) is 19.4 Å². The molecule has 0 bridgehead atoms. The molecule has 0 aliphatic heterocycles. The molecule has 2 rings (SSSR count). The third-order valence-corrected chi connectivity index (χ3v) is 4.53. The van der Waals surface area contributed by atoms with E-state index in [1.54, 1.807) is 18.4 Å². The van der Waals surface area contributed by atoms with Crippen molar-refractivity contribution in [1.29, 1.82) is 0 Å². The van der Waals surface area contributed by atoms with Crippen LogP contribution < -0.4 is 10.1 Å². The Morgan fingerprint density at radius 2 is 2.16 bits per heavy atom. The monoisotopic (exact) mass is 295 g/mol. The van der Waals surface area contributed by atoms with Gasteiger partial charge in [0.1, 0.15) is 5.75 Å². The molecule has 1 atom stereocenters. The number of halogens is 1. The number of rotatable bonds is 5. The average molecular weight is 296 g/mol. The fraction of sp³-hybridized carbons (Fsp3) is 0.333. The Bertz CT molecular complexity index is 553. The number of ether oxygens (including phenoxy) is 1. The molecule has 0 aliphatic carbocycles. The lowest BCUT2D eigenvalue weighted by atomic mass is 10.0. The normalized spacial score (nSPS) is 12.4. The Hall–Kier alpha value is -1.03. The maximum Gasteiger partial charge on any atom is 0.129 e. The molecule has 1 aromatic carbocycles. The third-order valence-electron chi connectivity index (χ3n) is 3.16. The molecule has 0 fully saturated rings. The summed E-state index contributed by atoms with van der Waals surface area (Å²) in [5, 5.41) is 6.20. The predicted molar refractivity (Wildman–Crippen MR) is 82.6 cm³/mol. The van der Waals surface area contributed by atoms with E-state index < -0.39 is 0 Å². The minimum atomic E-state index is 0.258. The van der Waals surface area contributed by atoms with Crippen LogP contribution in [0.4, 0.5) is 0 Å². The van der Waals surface area contributed by atoms with Gasteiger partial charge >= 0.3 is 0 Å². The molecule has 0 saturated carbocycles. The topological polar surface area (TPSA) is 21.3 Å². The van der Waals surface area contributed by atoms with Gasteiger partial charge in [0.2, 0.25) is 0 Å². The molecule has 0 radical (unpaired) electrons. The van der Waals surface area contributed by atoms with Gasteiger partial charge in [-0.1, -0.05) is 23.7 Å². The maximum atomic E-state index is 6.30. The summed E-state index contributed by atoms with van der Waals surface area (Å²) in [6, 6.07) is 8.55. The van der Waals surface area contributed by atoms with Gasteiger partial charge in [-0.3, -0.25) is 0 Å². The second-order valence-corrected chi connectivity index (χ2v) is 5.88. The Balaban J connectivity index is 2.18. The van der Waals surface area contributed by atoms with Crippen LogP contribution in [-0.4, -0.2) is 14.2 Å². The van der Waals surface area contributed by atoms with E-state index in [0.717, 1.165) is 17.2 Å². The fourth-order valence-corrected chi connectivity index (χ4v) is 3.29. The number of methoxy groups -OCH3 is 1. The smallest absolute Gasteiger partial charge is 0.129 e.